The van der Waals surface area contributed by atoms with Crippen LogP contribution in [0.3, 0.4) is 0 Å². The number of hydrogen-bond acceptors (Lipinski definition) is 4. The fourth-order valence-corrected chi connectivity index (χ4v) is 2.01. The van der Waals surface area contributed by atoms with Gasteiger partial charge in [-0.15, -0.1) is 0 Å². The summed E-state index contributed by atoms with van der Waals surface area (Å²) >= 11 is 0. The third-order valence-corrected chi connectivity index (χ3v) is 3.18. The Morgan fingerprint density at radius 2 is 1.50 bits per heavy atom. The quantitative estimate of drug-likeness (QED) is 0.773. The van der Waals surface area contributed by atoms with Gasteiger partial charge in [-0.1, -0.05) is 13.8 Å². The van der Waals surface area contributed by atoms with Gasteiger partial charge in [-0.2, -0.15) is 0 Å². The summed E-state index contributed by atoms with van der Waals surface area (Å²) in [5.74, 6) is 2.19. The molecular weight excluding hydrogens is 304 g/mol. The smallest absolute Gasteiger partial charge is 0.238 e. The number of anilines is 1. The molecule has 0 fully saturated rings. The Labute approximate surface area is 143 Å². The average Bonchev–Trinajstić information content (AvgIpc) is 2.57. The second-order valence-corrected chi connectivity index (χ2v) is 5.61. The van der Waals surface area contributed by atoms with E-state index in [-0.39, 0.29) is 11.9 Å². The number of ether oxygens (including phenoxy) is 2. The predicted molar refractivity (Wildman–Crippen MR) is 95.9 cm³/mol. The van der Waals surface area contributed by atoms with Crippen LogP contribution in [0.15, 0.2) is 48.5 Å². The average molecular weight is 328 g/mol. The molecule has 2 aromatic carbocycles. The van der Waals surface area contributed by atoms with Crippen LogP contribution in [0.25, 0.3) is 0 Å². The summed E-state index contributed by atoms with van der Waals surface area (Å²) in [6.45, 7) is 6.88. The lowest BCUT2D eigenvalue weighted by Gasteiger charge is -2.10. The number of hydrogen-bond donors (Lipinski definition) is 2. The molecule has 0 aliphatic heterocycles. The largest absolute Gasteiger partial charge is 0.494 e. The van der Waals surface area contributed by atoms with Gasteiger partial charge in [0.05, 0.1) is 13.2 Å². The van der Waals surface area contributed by atoms with Crippen molar-refractivity contribution in [2.75, 3.05) is 18.5 Å². The van der Waals surface area contributed by atoms with Crippen LogP contribution in [0.4, 0.5) is 5.69 Å². The number of rotatable bonds is 8. The molecule has 2 aromatic rings. The Kier molecular flexibility index (Phi) is 6.63. The lowest BCUT2D eigenvalue weighted by atomic mass is 10.3. The SMILES string of the molecule is CCOc1ccc(Oc2ccc(NC(=O)CNC(C)C)cc2)cc1. The molecule has 0 saturated carbocycles. The van der Waals surface area contributed by atoms with Gasteiger partial charge in [-0.25, -0.2) is 0 Å². The number of carbonyl (C=O) groups is 1. The van der Waals surface area contributed by atoms with Crippen molar-refractivity contribution in [3.8, 4) is 17.2 Å². The molecule has 0 unspecified atom stereocenters. The minimum Gasteiger partial charge on any atom is -0.494 e. The maximum atomic E-state index is 11.8. The summed E-state index contributed by atoms with van der Waals surface area (Å²) in [5, 5.41) is 5.91. The molecule has 0 saturated heterocycles. The molecule has 1 amide bonds. The van der Waals surface area contributed by atoms with Crippen molar-refractivity contribution in [2.24, 2.45) is 0 Å². The van der Waals surface area contributed by atoms with Crippen molar-refractivity contribution in [3.63, 3.8) is 0 Å². The summed E-state index contributed by atoms with van der Waals surface area (Å²) in [4.78, 5) is 11.8. The van der Waals surface area contributed by atoms with Gasteiger partial charge in [-0.3, -0.25) is 4.79 Å². The molecule has 5 nitrogen and oxygen atoms in total. The van der Waals surface area contributed by atoms with Crippen LogP contribution in [0, 0.1) is 0 Å². The van der Waals surface area contributed by atoms with Crippen LogP contribution < -0.4 is 20.1 Å². The summed E-state index contributed by atoms with van der Waals surface area (Å²) in [6, 6.07) is 15.0. The zero-order chi connectivity index (χ0) is 17.4. The molecule has 0 aliphatic rings. The van der Waals surface area contributed by atoms with E-state index in [1.54, 1.807) is 0 Å². The molecule has 2 rings (SSSR count). The molecular formula is C19H24N2O3. The highest BCUT2D eigenvalue weighted by Crippen LogP contribution is 2.25. The zero-order valence-corrected chi connectivity index (χ0v) is 14.3. The highest BCUT2D eigenvalue weighted by atomic mass is 16.5. The zero-order valence-electron chi connectivity index (χ0n) is 14.3. The second-order valence-electron chi connectivity index (χ2n) is 5.61. The van der Waals surface area contributed by atoms with Gasteiger partial charge in [0, 0.05) is 11.7 Å². The lowest BCUT2D eigenvalue weighted by Crippen LogP contribution is -2.32. The van der Waals surface area contributed by atoms with Gasteiger partial charge < -0.3 is 20.1 Å². The van der Waals surface area contributed by atoms with Crippen LogP contribution in [-0.4, -0.2) is 25.1 Å². The summed E-state index contributed by atoms with van der Waals surface area (Å²) < 4.78 is 11.2. The minimum absolute atomic E-state index is 0.0659. The predicted octanol–water partition coefficient (Wildman–Crippen LogP) is 3.81. The van der Waals surface area contributed by atoms with Crippen LogP contribution >= 0.6 is 0 Å². The van der Waals surface area contributed by atoms with Crippen molar-refractivity contribution in [1.82, 2.24) is 5.32 Å². The first kappa shape index (κ1) is 17.8. The van der Waals surface area contributed by atoms with Gasteiger partial charge in [0.15, 0.2) is 0 Å². The number of benzene rings is 2. The maximum Gasteiger partial charge on any atom is 0.238 e. The van der Waals surface area contributed by atoms with Gasteiger partial charge >= 0.3 is 0 Å². The van der Waals surface area contributed by atoms with Crippen molar-refractivity contribution < 1.29 is 14.3 Å². The van der Waals surface area contributed by atoms with Gasteiger partial charge in [0.1, 0.15) is 17.2 Å². The van der Waals surface area contributed by atoms with E-state index in [1.807, 2.05) is 69.3 Å². The second kappa shape index (κ2) is 8.93. The van der Waals surface area contributed by atoms with Crippen molar-refractivity contribution >= 4 is 11.6 Å². The third-order valence-electron chi connectivity index (χ3n) is 3.18. The van der Waals surface area contributed by atoms with Crippen molar-refractivity contribution in [3.05, 3.63) is 48.5 Å². The van der Waals surface area contributed by atoms with E-state index in [4.69, 9.17) is 9.47 Å². The standard InChI is InChI=1S/C19H24N2O3/c1-4-23-16-9-11-18(12-10-16)24-17-7-5-15(6-8-17)21-19(22)13-20-14(2)3/h5-12,14,20H,4,13H2,1-3H3,(H,21,22). The fraction of sp³-hybridized carbons (Fsp3) is 0.316. The fourth-order valence-electron chi connectivity index (χ4n) is 2.01. The molecule has 0 heterocycles. The first-order valence-electron chi connectivity index (χ1n) is 8.11. The Morgan fingerprint density at radius 1 is 0.958 bits per heavy atom. The first-order chi connectivity index (χ1) is 11.6. The van der Waals surface area contributed by atoms with Crippen LogP contribution in [0.2, 0.25) is 0 Å². The minimum atomic E-state index is -0.0659. The molecule has 0 aromatic heterocycles. The third kappa shape index (κ3) is 5.93. The molecule has 0 bridgehead atoms. The topological polar surface area (TPSA) is 59.6 Å². The van der Waals surface area contributed by atoms with Gasteiger partial charge in [0.2, 0.25) is 5.91 Å². The number of carbonyl (C=O) groups excluding carboxylic acids is 1. The van der Waals surface area contributed by atoms with E-state index >= 15 is 0 Å². The maximum absolute atomic E-state index is 11.8. The molecule has 2 N–H and O–H groups in total. The van der Waals surface area contributed by atoms with E-state index in [2.05, 4.69) is 10.6 Å². The molecule has 128 valence electrons. The number of amides is 1. The first-order valence-corrected chi connectivity index (χ1v) is 8.11. The Bertz CT molecular complexity index is 637. The number of nitrogens with one attached hydrogen (secondary N) is 2. The van der Waals surface area contributed by atoms with Crippen molar-refractivity contribution in [2.45, 2.75) is 26.8 Å². The Hall–Kier alpha value is -2.53. The molecule has 5 heteroatoms. The summed E-state index contributed by atoms with van der Waals surface area (Å²) in [7, 11) is 0. The van der Waals surface area contributed by atoms with E-state index in [9.17, 15) is 4.79 Å². The van der Waals surface area contributed by atoms with Crippen molar-refractivity contribution in [1.29, 1.82) is 0 Å². The molecule has 0 spiro atoms. The van der Waals surface area contributed by atoms with E-state index in [0.717, 1.165) is 17.2 Å². The van der Waals surface area contributed by atoms with E-state index in [0.29, 0.717) is 18.9 Å². The van der Waals surface area contributed by atoms with E-state index < -0.39 is 0 Å². The van der Waals surface area contributed by atoms with Gasteiger partial charge in [-0.05, 0) is 55.5 Å². The highest BCUT2D eigenvalue weighted by Gasteiger charge is 2.04. The molecule has 0 aliphatic carbocycles. The van der Waals surface area contributed by atoms with Gasteiger partial charge in [0.25, 0.3) is 0 Å². The normalized spacial score (nSPS) is 10.5. The molecule has 24 heavy (non-hydrogen) atoms. The van der Waals surface area contributed by atoms with E-state index in [1.165, 1.54) is 0 Å². The molecule has 0 radical (unpaired) electrons. The Morgan fingerprint density at radius 3 is 2.04 bits per heavy atom. The summed E-state index contributed by atoms with van der Waals surface area (Å²) in [5.41, 5.74) is 0.740. The molecule has 0 atom stereocenters. The van der Waals surface area contributed by atoms with Crippen LogP contribution in [0.5, 0.6) is 17.2 Å². The lowest BCUT2D eigenvalue weighted by molar-refractivity contribution is -0.115. The highest BCUT2D eigenvalue weighted by molar-refractivity contribution is 5.92. The van der Waals surface area contributed by atoms with Crippen LogP contribution in [0.1, 0.15) is 20.8 Å². The monoisotopic (exact) mass is 328 g/mol. The Balaban J connectivity index is 1.88. The summed E-state index contributed by atoms with van der Waals surface area (Å²) in [6.07, 6.45) is 0. The van der Waals surface area contributed by atoms with Crippen LogP contribution in [-0.2, 0) is 4.79 Å².